The number of nitro groups is 1. The number of benzene rings is 2. The first-order chi connectivity index (χ1) is 18.0. The third kappa shape index (κ3) is 4.98. The molecule has 38 heavy (non-hydrogen) atoms. The Kier molecular flexibility index (Phi) is 7.01. The molecule has 0 aliphatic carbocycles. The molecule has 0 saturated heterocycles. The number of non-ortho nitro benzene ring substituents is 1. The van der Waals surface area contributed by atoms with Crippen molar-refractivity contribution in [1.29, 1.82) is 5.26 Å². The molecule has 0 spiro atoms. The van der Waals surface area contributed by atoms with Crippen molar-refractivity contribution < 1.29 is 27.6 Å². The van der Waals surface area contributed by atoms with E-state index in [4.69, 9.17) is 21.6 Å². The molecule has 0 bridgehead atoms. The fraction of sp³-hybridized carbons (Fsp3) is 0.208. The fourth-order valence-corrected chi connectivity index (χ4v) is 4.04. The van der Waals surface area contributed by atoms with Gasteiger partial charge in [-0.05, 0) is 36.2 Å². The van der Waals surface area contributed by atoms with Gasteiger partial charge in [0.25, 0.3) is 11.3 Å². The van der Waals surface area contributed by atoms with Crippen molar-refractivity contribution in [3.05, 3.63) is 92.4 Å². The van der Waals surface area contributed by atoms with E-state index in [1.165, 1.54) is 13.0 Å². The number of esters is 1. The number of nitrogens with zero attached hydrogens (tertiary/aromatic N) is 6. The molecule has 0 saturated carbocycles. The number of hydrogen-bond acceptors (Lipinski definition) is 8. The zero-order valence-corrected chi connectivity index (χ0v) is 20.2. The first-order valence-electron chi connectivity index (χ1n) is 10.9. The lowest BCUT2D eigenvalue weighted by atomic mass is 9.95. The van der Waals surface area contributed by atoms with E-state index in [-0.39, 0.29) is 23.5 Å². The summed E-state index contributed by atoms with van der Waals surface area (Å²) in [6.07, 6.45) is -4.74. The van der Waals surface area contributed by atoms with Crippen LogP contribution < -0.4 is 0 Å². The van der Waals surface area contributed by atoms with E-state index in [0.29, 0.717) is 21.5 Å². The zero-order valence-electron chi connectivity index (χ0n) is 19.4. The Bertz CT molecular complexity index is 1580. The molecule has 0 fully saturated rings. The minimum absolute atomic E-state index is 0.00697. The third-order valence-electron chi connectivity index (χ3n) is 5.77. The van der Waals surface area contributed by atoms with Crippen molar-refractivity contribution in [3.63, 3.8) is 0 Å². The maximum absolute atomic E-state index is 14.3. The minimum atomic E-state index is -5.06. The number of carbonyl (C=O) groups excluding carboxylic acids is 1. The number of carbonyl (C=O) groups is 1. The summed E-state index contributed by atoms with van der Waals surface area (Å²) < 4.78 is 49.1. The highest BCUT2D eigenvalue weighted by Crippen LogP contribution is 2.44. The van der Waals surface area contributed by atoms with Crippen LogP contribution in [-0.4, -0.2) is 37.0 Å². The minimum Gasteiger partial charge on any atom is -0.439 e. The quantitative estimate of drug-likeness (QED) is 0.173. The van der Waals surface area contributed by atoms with Crippen LogP contribution in [0.2, 0.25) is 5.02 Å². The molecule has 194 valence electrons. The van der Waals surface area contributed by atoms with E-state index in [0.717, 1.165) is 35.1 Å². The molecule has 0 N–H and O–H groups in total. The summed E-state index contributed by atoms with van der Waals surface area (Å²) in [5.41, 5.74) is -3.29. The molecule has 0 aliphatic heterocycles. The molecule has 10 nitrogen and oxygen atoms in total. The lowest BCUT2D eigenvalue weighted by Gasteiger charge is -2.32. The molecule has 2 heterocycles. The monoisotopic (exact) mass is 544 g/mol. The summed E-state index contributed by atoms with van der Waals surface area (Å²) in [7, 11) is 0. The number of nitro benzene ring substituents is 1. The molecule has 4 rings (SSSR count). The predicted molar refractivity (Wildman–Crippen MR) is 127 cm³/mol. The molecule has 14 heteroatoms. The highest BCUT2D eigenvalue weighted by atomic mass is 35.5. The molecule has 0 unspecified atom stereocenters. The van der Waals surface area contributed by atoms with Crippen molar-refractivity contribution in [3.8, 4) is 6.07 Å². The van der Waals surface area contributed by atoms with Crippen LogP contribution in [0.3, 0.4) is 0 Å². The Morgan fingerprint density at radius 3 is 2.53 bits per heavy atom. The van der Waals surface area contributed by atoms with Gasteiger partial charge in [0.15, 0.2) is 0 Å². The number of fused-ring (bicyclic) bond motifs is 1. The van der Waals surface area contributed by atoms with Crippen LogP contribution in [0, 0.1) is 21.4 Å². The van der Waals surface area contributed by atoms with Gasteiger partial charge in [-0.25, -0.2) is 14.5 Å². The number of hydrogen-bond donors (Lipinski definition) is 0. The second-order valence-corrected chi connectivity index (χ2v) is 8.53. The number of nitriles is 1. The van der Waals surface area contributed by atoms with Gasteiger partial charge < -0.3 is 4.74 Å². The molecule has 0 radical (unpaired) electrons. The van der Waals surface area contributed by atoms with Gasteiger partial charge in [0.1, 0.15) is 17.5 Å². The standard InChI is InChI=1S/C24H16ClF3N6O4/c1-2-23(24(26,27)28,38-22(35)15-4-6-17(7-5-15)34(36)37)21-13-33(32-31-21)12-14-3-8-18-19(25)10-16(11-29)30-20(18)9-14/h3-10,13H,2,12H2,1H3/t23-/m0/s1. The summed E-state index contributed by atoms with van der Waals surface area (Å²) in [6.45, 7) is 1.17. The van der Waals surface area contributed by atoms with E-state index in [9.17, 15) is 28.1 Å². The Morgan fingerprint density at radius 2 is 1.92 bits per heavy atom. The van der Waals surface area contributed by atoms with E-state index < -0.39 is 34.8 Å². The molecule has 2 aromatic carbocycles. The highest BCUT2D eigenvalue weighted by molar-refractivity contribution is 6.35. The van der Waals surface area contributed by atoms with Crippen molar-refractivity contribution >= 4 is 34.2 Å². The van der Waals surface area contributed by atoms with Gasteiger partial charge in [0, 0.05) is 17.5 Å². The number of halogens is 4. The molecule has 2 aromatic heterocycles. The van der Waals surface area contributed by atoms with E-state index in [2.05, 4.69) is 15.3 Å². The van der Waals surface area contributed by atoms with E-state index in [1.807, 2.05) is 6.07 Å². The van der Waals surface area contributed by atoms with Crippen molar-refractivity contribution in [2.45, 2.75) is 31.7 Å². The summed E-state index contributed by atoms with van der Waals surface area (Å²) in [4.78, 5) is 26.9. The number of pyridine rings is 1. The maximum atomic E-state index is 14.3. The molecule has 0 amide bonds. The second-order valence-electron chi connectivity index (χ2n) is 8.13. The van der Waals surface area contributed by atoms with Gasteiger partial charge in [0.2, 0.25) is 0 Å². The molecule has 1 atom stereocenters. The van der Waals surface area contributed by atoms with Crippen LogP contribution in [0.15, 0.2) is 54.7 Å². The summed E-state index contributed by atoms with van der Waals surface area (Å²) in [5.74, 6) is -1.33. The Labute approximate surface area is 217 Å². The van der Waals surface area contributed by atoms with Crippen LogP contribution in [0.4, 0.5) is 18.9 Å². The van der Waals surface area contributed by atoms with Crippen LogP contribution >= 0.6 is 11.6 Å². The topological polar surface area (TPSA) is 137 Å². The Hall–Kier alpha value is -4.57. The van der Waals surface area contributed by atoms with Crippen molar-refractivity contribution in [2.24, 2.45) is 0 Å². The van der Waals surface area contributed by atoms with Crippen molar-refractivity contribution in [1.82, 2.24) is 20.0 Å². The summed E-state index contributed by atoms with van der Waals surface area (Å²) >= 11 is 6.18. The first kappa shape index (κ1) is 26.5. The molecular weight excluding hydrogens is 529 g/mol. The third-order valence-corrected chi connectivity index (χ3v) is 6.08. The Balaban J connectivity index is 1.64. The van der Waals surface area contributed by atoms with E-state index in [1.54, 1.807) is 18.2 Å². The van der Waals surface area contributed by atoms with E-state index >= 15 is 0 Å². The largest absolute Gasteiger partial charge is 0.439 e. The van der Waals surface area contributed by atoms with Crippen molar-refractivity contribution in [2.75, 3.05) is 0 Å². The normalized spacial score (nSPS) is 13.1. The molecular formula is C24H16ClF3N6O4. The average Bonchev–Trinajstić information content (AvgIpc) is 3.34. The molecule has 4 aromatic rings. The van der Waals surface area contributed by atoms with Gasteiger partial charge in [-0.3, -0.25) is 10.1 Å². The molecule has 0 aliphatic rings. The number of ether oxygens (including phenoxy) is 1. The Morgan fingerprint density at radius 1 is 1.21 bits per heavy atom. The maximum Gasteiger partial charge on any atom is 0.434 e. The van der Waals surface area contributed by atoms with Gasteiger partial charge in [0.05, 0.1) is 33.8 Å². The highest BCUT2D eigenvalue weighted by Gasteiger charge is 2.60. The van der Waals surface area contributed by atoms with Gasteiger partial charge in [-0.15, -0.1) is 5.10 Å². The number of rotatable bonds is 7. The number of aromatic nitrogens is 4. The van der Waals surface area contributed by atoms with Crippen LogP contribution in [-0.2, 0) is 16.9 Å². The predicted octanol–water partition coefficient (Wildman–Crippen LogP) is 5.33. The van der Waals surface area contributed by atoms with Crippen LogP contribution in [0.5, 0.6) is 0 Å². The lowest BCUT2D eigenvalue weighted by Crippen LogP contribution is -2.46. The fourth-order valence-electron chi connectivity index (χ4n) is 3.78. The SMILES string of the molecule is CC[C@](OC(=O)c1ccc([N+](=O)[O-])cc1)(c1cn(Cc2ccc3c(Cl)cc(C#N)nc3c2)nn1)C(F)(F)F. The first-order valence-corrected chi connectivity index (χ1v) is 11.3. The smallest absolute Gasteiger partial charge is 0.434 e. The van der Waals surface area contributed by atoms with Gasteiger partial charge in [-0.1, -0.05) is 35.9 Å². The van der Waals surface area contributed by atoms with Gasteiger partial charge in [-0.2, -0.15) is 18.4 Å². The number of alkyl halides is 3. The average molecular weight is 545 g/mol. The van der Waals surface area contributed by atoms with Crippen LogP contribution in [0.1, 0.15) is 40.7 Å². The second kappa shape index (κ2) is 10.1. The lowest BCUT2D eigenvalue weighted by molar-refractivity contribution is -0.384. The summed E-state index contributed by atoms with van der Waals surface area (Å²) in [5, 5.41) is 28.3. The van der Waals surface area contributed by atoms with Gasteiger partial charge >= 0.3 is 12.1 Å². The summed E-state index contributed by atoms with van der Waals surface area (Å²) in [6, 6.07) is 12.3. The van der Waals surface area contributed by atoms with Crippen LogP contribution in [0.25, 0.3) is 10.9 Å². The zero-order chi connectivity index (χ0) is 27.7.